The number of amides is 1. The second-order valence-electron chi connectivity index (χ2n) is 10.2. The molecule has 9 nitrogen and oxygen atoms in total. The summed E-state index contributed by atoms with van der Waals surface area (Å²) in [4.78, 5) is 36.1. The van der Waals surface area contributed by atoms with Gasteiger partial charge in [0, 0.05) is 37.0 Å². The van der Waals surface area contributed by atoms with E-state index in [9.17, 15) is 27.9 Å². The minimum absolute atomic E-state index is 0.0970. The third kappa shape index (κ3) is 7.31. The average Bonchev–Trinajstić information content (AvgIpc) is 3.47. The molecule has 13 heteroatoms. The number of hydrogen-bond donors (Lipinski definition) is 1. The second kappa shape index (κ2) is 14.1. The highest BCUT2D eigenvalue weighted by atomic mass is 35.5. The van der Waals surface area contributed by atoms with Gasteiger partial charge in [-0.2, -0.15) is 13.2 Å². The standard InChI is InChI=1S/C31H32ClF3N4O5/c1-36-17-19-14-28(31(33,34)35)37-18-22(19)20-15-21(29(40)38(2)24-8-4-5-10-26(24)43-3)27(16-23(20)32)44-13-7-12-39-11-6-9-25(39)30(41)42/h4-5,8,10,14-16,18,25H,1,6-7,9,11-13,17H2,2-3H3,(H,41,42)/t25-/m0/s1. The molecule has 234 valence electrons. The predicted octanol–water partition coefficient (Wildman–Crippen LogP) is 6.22. The minimum atomic E-state index is -4.67. The largest absolute Gasteiger partial charge is 0.495 e. The number of aliphatic carboxylic acids is 1. The minimum Gasteiger partial charge on any atom is -0.495 e. The first-order valence-corrected chi connectivity index (χ1v) is 14.2. The molecule has 1 amide bonds. The molecule has 2 heterocycles. The molecule has 0 radical (unpaired) electrons. The van der Waals surface area contributed by atoms with E-state index in [1.165, 1.54) is 24.1 Å². The Bertz CT molecular complexity index is 1530. The van der Waals surface area contributed by atoms with Gasteiger partial charge >= 0.3 is 12.1 Å². The van der Waals surface area contributed by atoms with E-state index < -0.39 is 29.8 Å². The zero-order chi connectivity index (χ0) is 32.0. The maximum absolute atomic E-state index is 14.0. The Morgan fingerprint density at radius 1 is 1.20 bits per heavy atom. The molecule has 0 saturated carbocycles. The Labute approximate surface area is 257 Å². The number of carbonyl (C=O) groups excluding carboxylic acids is 1. The van der Waals surface area contributed by atoms with E-state index in [2.05, 4.69) is 16.7 Å². The summed E-state index contributed by atoms with van der Waals surface area (Å²) in [7, 11) is 3.04. The molecule has 2 aromatic carbocycles. The highest BCUT2D eigenvalue weighted by Crippen LogP contribution is 2.39. The van der Waals surface area contributed by atoms with Gasteiger partial charge in [-0.1, -0.05) is 23.7 Å². The monoisotopic (exact) mass is 632 g/mol. The first-order chi connectivity index (χ1) is 21.0. The van der Waals surface area contributed by atoms with Crippen molar-refractivity contribution in [2.75, 3.05) is 38.8 Å². The highest BCUT2D eigenvalue weighted by Gasteiger charge is 2.34. The van der Waals surface area contributed by atoms with E-state index in [4.69, 9.17) is 21.1 Å². The van der Waals surface area contributed by atoms with Gasteiger partial charge in [-0.05, 0) is 62.4 Å². The first-order valence-electron chi connectivity index (χ1n) is 13.8. The van der Waals surface area contributed by atoms with E-state index in [1.54, 1.807) is 31.3 Å². The summed E-state index contributed by atoms with van der Waals surface area (Å²) in [6.07, 6.45) is -1.75. The van der Waals surface area contributed by atoms with E-state index in [0.717, 1.165) is 18.7 Å². The number of ether oxygens (including phenoxy) is 2. The number of benzene rings is 2. The zero-order valence-corrected chi connectivity index (χ0v) is 25.0. The molecule has 1 atom stereocenters. The van der Waals surface area contributed by atoms with Crippen LogP contribution in [0.4, 0.5) is 18.9 Å². The van der Waals surface area contributed by atoms with E-state index in [1.807, 2.05) is 4.90 Å². The lowest BCUT2D eigenvalue weighted by Crippen LogP contribution is -2.37. The fourth-order valence-corrected chi connectivity index (χ4v) is 5.47. The Kier molecular flexibility index (Phi) is 10.5. The number of halogens is 4. The molecular weight excluding hydrogens is 601 g/mol. The molecule has 1 aromatic heterocycles. The number of carboxylic acid groups (broad SMARTS) is 1. The van der Waals surface area contributed by atoms with Gasteiger partial charge in [-0.3, -0.25) is 24.5 Å². The number of nitrogens with zero attached hydrogens (tertiary/aromatic N) is 4. The van der Waals surface area contributed by atoms with Gasteiger partial charge < -0.3 is 19.5 Å². The van der Waals surface area contributed by atoms with Crippen LogP contribution in [0, 0.1) is 0 Å². The highest BCUT2D eigenvalue weighted by molar-refractivity contribution is 6.34. The number of rotatable bonds is 12. The van der Waals surface area contributed by atoms with Crippen LogP contribution in [0.2, 0.25) is 5.02 Å². The molecule has 0 spiro atoms. The Hall–Kier alpha value is -4.16. The number of anilines is 1. The number of alkyl halides is 3. The lowest BCUT2D eigenvalue weighted by Gasteiger charge is -2.23. The van der Waals surface area contributed by atoms with Crippen molar-refractivity contribution in [1.82, 2.24) is 9.88 Å². The molecule has 44 heavy (non-hydrogen) atoms. The van der Waals surface area contributed by atoms with Gasteiger partial charge in [-0.25, -0.2) is 0 Å². The number of likely N-dealkylation sites (tertiary alicyclic amines) is 1. The molecule has 1 aliphatic rings. The zero-order valence-electron chi connectivity index (χ0n) is 24.2. The molecule has 0 aliphatic carbocycles. The van der Waals surface area contributed by atoms with Crippen molar-refractivity contribution >= 4 is 35.9 Å². The number of para-hydroxylation sites is 2. The smallest absolute Gasteiger partial charge is 0.433 e. The molecule has 1 N–H and O–H groups in total. The summed E-state index contributed by atoms with van der Waals surface area (Å²) in [6, 6.07) is 10.2. The summed E-state index contributed by atoms with van der Waals surface area (Å²) in [5.74, 6) is -0.743. The number of methoxy groups -OCH3 is 1. The summed E-state index contributed by atoms with van der Waals surface area (Å²) in [5.41, 5.74) is 0.171. The fraction of sp³-hybridized carbons (Fsp3) is 0.355. The molecule has 1 fully saturated rings. The van der Waals surface area contributed by atoms with Crippen molar-refractivity contribution < 1.29 is 37.3 Å². The number of carbonyl (C=O) groups is 2. The average molecular weight is 633 g/mol. The van der Waals surface area contributed by atoms with Crippen LogP contribution in [0.15, 0.2) is 53.7 Å². The molecule has 0 unspecified atom stereocenters. The first kappa shape index (κ1) is 32.7. The Morgan fingerprint density at radius 2 is 1.95 bits per heavy atom. The van der Waals surface area contributed by atoms with Gasteiger partial charge in [-0.15, -0.1) is 0 Å². The molecule has 1 aliphatic heterocycles. The van der Waals surface area contributed by atoms with E-state index in [-0.39, 0.29) is 46.2 Å². The summed E-state index contributed by atoms with van der Waals surface area (Å²) in [5, 5.41) is 9.57. The molecule has 4 rings (SSSR count). The third-order valence-electron chi connectivity index (χ3n) is 7.40. The SMILES string of the molecule is C=NCc1cc(C(F)(F)F)ncc1-c1cc(C(=O)N(C)c2ccccc2OC)c(OCCCN2CCC[C@H]2C(=O)O)cc1Cl. The summed E-state index contributed by atoms with van der Waals surface area (Å²) in [6.45, 7) is 4.58. The van der Waals surface area contributed by atoms with Crippen LogP contribution < -0.4 is 14.4 Å². The van der Waals surface area contributed by atoms with Crippen molar-refractivity contribution in [3.05, 3.63) is 70.5 Å². The summed E-state index contributed by atoms with van der Waals surface area (Å²) < 4.78 is 51.7. The molecule has 3 aromatic rings. The van der Waals surface area contributed by atoms with E-state index >= 15 is 0 Å². The van der Waals surface area contributed by atoms with Crippen LogP contribution in [-0.4, -0.2) is 73.5 Å². The van der Waals surface area contributed by atoms with Crippen molar-refractivity contribution in [1.29, 1.82) is 0 Å². The van der Waals surface area contributed by atoms with Crippen LogP contribution in [-0.2, 0) is 17.5 Å². The van der Waals surface area contributed by atoms with Crippen LogP contribution >= 0.6 is 11.6 Å². The Morgan fingerprint density at radius 3 is 2.64 bits per heavy atom. The van der Waals surface area contributed by atoms with Crippen LogP contribution in [0.3, 0.4) is 0 Å². The lowest BCUT2D eigenvalue weighted by molar-refractivity contribution is -0.142. The van der Waals surface area contributed by atoms with Crippen LogP contribution in [0.5, 0.6) is 11.5 Å². The van der Waals surface area contributed by atoms with Crippen molar-refractivity contribution in [2.24, 2.45) is 4.99 Å². The molecule has 0 bridgehead atoms. The maximum atomic E-state index is 14.0. The van der Waals surface area contributed by atoms with Gasteiger partial charge in [0.15, 0.2) is 0 Å². The second-order valence-corrected chi connectivity index (χ2v) is 10.6. The number of pyridine rings is 1. The van der Waals surface area contributed by atoms with Crippen molar-refractivity contribution in [2.45, 2.75) is 38.0 Å². The normalized spacial score (nSPS) is 15.2. The molecular formula is C31H32ClF3N4O5. The predicted molar refractivity (Wildman–Crippen MR) is 161 cm³/mol. The number of aliphatic imine (C=N–C) groups is 1. The van der Waals surface area contributed by atoms with Crippen LogP contribution in [0.1, 0.15) is 40.9 Å². The lowest BCUT2D eigenvalue weighted by atomic mass is 9.98. The number of aromatic nitrogens is 1. The van der Waals surface area contributed by atoms with Gasteiger partial charge in [0.25, 0.3) is 5.91 Å². The van der Waals surface area contributed by atoms with Crippen molar-refractivity contribution in [3.8, 4) is 22.6 Å². The van der Waals surface area contributed by atoms with Crippen molar-refractivity contribution in [3.63, 3.8) is 0 Å². The quantitative estimate of drug-likeness (QED) is 0.187. The third-order valence-corrected chi connectivity index (χ3v) is 7.71. The topological polar surface area (TPSA) is 105 Å². The fourth-order valence-electron chi connectivity index (χ4n) is 5.21. The van der Waals surface area contributed by atoms with E-state index in [0.29, 0.717) is 37.4 Å². The number of carboxylic acids is 1. The Balaban J connectivity index is 1.71. The van der Waals surface area contributed by atoms with Gasteiger partial charge in [0.05, 0.1) is 36.5 Å². The molecule has 1 saturated heterocycles. The summed E-state index contributed by atoms with van der Waals surface area (Å²) >= 11 is 6.66. The van der Waals surface area contributed by atoms with Gasteiger partial charge in [0.2, 0.25) is 0 Å². The van der Waals surface area contributed by atoms with Crippen LogP contribution in [0.25, 0.3) is 11.1 Å². The number of hydrogen-bond acceptors (Lipinski definition) is 7. The van der Waals surface area contributed by atoms with Gasteiger partial charge in [0.1, 0.15) is 23.2 Å². The maximum Gasteiger partial charge on any atom is 0.433 e.